The molecule has 1 amide bonds. The Kier molecular flexibility index (Phi) is 7.01. The van der Waals surface area contributed by atoms with Crippen LogP contribution < -0.4 is 15.5 Å². The van der Waals surface area contributed by atoms with Crippen molar-refractivity contribution < 1.29 is 9.21 Å². The molecule has 0 saturated carbocycles. The SMILES string of the molecule is CN1CCN(c2ccc(NC(=S)NC(=O)c3ccc(-c4ccc(Cl)c(Cl)c4)o3)cc2)CC1. The van der Waals surface area contributed by atoms with Crippen LogP contribution in [0.15, 0.2) is 59.0 Å². The van der Waals surface area contributed by atoms with Gasteiger partial charge in [0.1, 0.15) is 5.76 Å². The quantitative estimate of drug-likeness (QED) is 0.496. The summed E-state index contributed by atoms with van der Waals surface area (Å²) in [7, 11) is 2.14. The van der Waals surface area contributed by atoms with Crippen LogP contribution in [0.4, 0.5) is 11.4 Å². The largest absolute Gasteiger partial charge is 0.451 e. The summed E-state index contributed by atoms with van der Waals surface area (Å²) in [5.74, 6) is 0.204. The number of thiocarbonyl (C=S) groups is 1. The molecule has 1 fully saturated rings. The molecule has 3 aromatic rings. The maximum atomic E-state index is 12.5. The van der Waals surface area contributed by atoms with E-state index in [9.17, 15) is 4.79 Å². The van der Waals surface area contributed by atoms with E-state index in [1.54, 1.807) is 30.3 Å². The van der Waals surface area contributed by atoms with Crippen molar-refractivity contribution in [2.75, 3.05) is 43.4 Å². The molecule has 2 N–H and O–H groups in total. The number of carbonyl (C=O) groups is 1. The fraction of sp³-hybridized carbons (Fsp3) is 0.217. The molecule has 1 aromatic heterocycles. The molecule has 166 valence electrons. The Morgan fingerprint density at radius 2 is 1.69 bits per heavy atom. The van der Waals surface area contributed by atoms with Crippen molar-refractivity contribution >= 4 is 57.8 Å². The maximum Gasteiger partial charge on any atom is 0.293 e. The molecule has 0 aliphatic carbocycles. The fourth-order valence-electron chi connectivity index (χ4n) is 3.41. The summed E-state index contributed by atoms with van der Waals surface area (Å²) in [6, 6.07) is 16.4. The Morgan fingerprint density at radius 1 is 0.969 bits per heavy atom. The van der Waals surface area contributed by atoms with E-state index >= 15 is 0 Å². The van der Waals surface area contributed by atoms with Crippen LogP contribution in [-0.4, -0.2) is 49.1 Å². The third kappa shape index (κ3) is 5.42. The Balaban J connectivity index is 1.33. The minimum atomic E-state index is -0.442. The van der Waals surface area contributed by atoms with E-state index in [0.29, 0.717) is 15.8 Å². The van der Waals surface area contributed by atoms with Gasteiger partial charge >= 0.3 is 0 Å². The molecule has 0 spiro atoms. The lowest BCUT2D eigenvalue weighted by Gasteiger charge is -2.34. The van der Waals surface area contributed by atoms with E-state index in [1.807, 2.05) is 24.3 Å². The van der Waals surface area contributed by atoms with E-state index < -0.39 is 5.91 Å². The highest BCUT2D eigenvalue weighted by Gasteiger charge is 2.16. The fourth-order valence-corrected chi connectivity index (χ4v) is 3.92. The van der Waals surface area contributed by atoms with Crippen molar-refractivity contribution in [2.24, 2.45) is 0 Å². The van der Waals surface area contributed by atoms with Gasteiger partial charge in [-0.1, -0.05) is 23.2 Å². The summed E-state index contributed by atoms with van der Waals surface area (Å²) in [6.45, 7) is 4.11. The third-order valence-corrected chi connectivity index (χ3v) is 6.20. The van der Waals surface area contributed by atoms with Gasteiger partial charge in [-0.15, -0.1) is 0 Å². The number of likely N-dealkylation sites (N-methyl/N-ethyl adjacent to an activating group) is 1. The van der Waals surface area contributed by atoms with Gasteiger partial charge in [0.2, 0.25) is 0 Å². The highest BCUT2D eigenvalue weighted by atomic mass is 35.5. The number of furan rings is 1. The predicted octanol–water partition coefficient (Wildman–Crippen LogP) is 5.13. The number of nitrogens with zero attached hydrogens (tertiary/aromatic N) is 2. The Morgan fingerprint density at radius 3 is 2.38 bits per heavy atom. The van der Waals surface area contributed by atoms with Crippen molar-refractivity contribution in [3.05, 3.63) is 70.4 Å². The molecule has 1 aliphatic heterocycles. The highest BCUT2D eigenvalue weighted by molar-refractivity contribution is 7.80. The molecule has 0 bridgehead atoms. The maximum absolute atomic E-state index is 12.5. The highest BCUT2D eigenvalue weighted by Crippen LogP contribution is 2.29. The molecule has 0 unspecified atom stereocenters. The van der Waals surface area contributed by atoms with Crippen molar-refractivity contribution in [3.8, 4) is 11.3 Å². The second-order valence-electron chi connectivity index (χ2n) is 7.54. The number of benzene rings is 2. The third-order valence-electron chi connectivity index (χ3n) is 5.25. The summed E-state index contributed by atoms with van der Waals surface area (Å²) >= 11 is 17.3. The van der Waals surface area contributed by atoms with Gasteiger partial charge < -0.3 is 19.5 Å². The van der Waals surface area contributed by atoms with Crippen molar-refractivity contribution in [1.29, 1.82) is 0 Å². The molecule has 0 atom stereocenters. The summed E-state index contributed by atoms with van der Waals surface area (Å²) in [4.78, 5) is 17.2. The van der Waals surface area contributed by atoms with Crippen LogP contribution >= 0.6 is 35.4 Å². The number of hydrogen-bond donors (Lipinski definition) is 2. The number of amides is 1. The van der Waals surface area contributed by atoms with Gasteiger partial charge in [-0.3, -0.25) is 10.1 Å². The number of rotatable bonds is 4. The van der Waals surface area contributed by atoms with Gasteiger partial charge in [0.05, 0.1) is 10.0 Å². The first kappa shape index (κ1) is 22.6. The number of piperazine rings is 1. The second-order valence-corrected chi connectivity index (χ2v) is 8.76. The lowest BCUT2D eigenvalue weighted by molar-refractivity contribution is 0.0951. The lowest BCUT2D eigenvalue weighted by Crippen LogP contribution is -2.44. The zero-order valence-corrected chi connectivity index (χ0v) is 19.7. The molecule has 6 nitrogen and oxygen atoms in total. The van der Waals surface area contributed by atoms with E-state index in [-0.39, 0.29) is 10.9 Å². The van der Waals surface area contributed by atoms with Crippen LogP contribution in [0.2, 0.25) is 10.0 Å². The van der Waals surface area contributed by atoms with Crippen LogP contribution in [0.25, 0.3) is 11.3 Å². The molecule has 1 aliphatic rings. The molecular formula is C23H22Cl2N4O2S. The number of nitrogens with one attached hydrogen (secondary N) is 2. The monoisotopic (exact) mass is 488 g/mol. The van der Waals surface area contributed by atoms with Gasteiger partial charge in [-0.05, 0) is 73.9 Å². The average molecular weight is 489 g/mol. The van der Waals surface area contributed by atoms with Crippen LogP contribution in [0.3, 0.4) is 0 Å². The van der Waals surface area contributed by atoms with Crippen LogP contribution in [-0.2, 0) is 0 Å². The molecule has 4 rings (SSSR count). The zero-order valence-electron chi connectivity index (χ0n) is 17.4. The first-order valence-corrected chi connectivity index (χ1v) is 11.3. The number of carbonyl (C=O) groups excluding carboxylic acids is 1. The molecule has 9 heteroatoms. The predicted molar refractivity (Wildman–Crippen MR) is 134 cm³/mol. The van der Waals surface area contributed by atoms with Gasteiger partial charge in [0.15, 0.2) is 10.9 Å². The average Bonchev–Trinajstić information content (AvgIpc) is 3.27. The minimum absolute atomic E-state index is 0.139. The first-order valence-electron chi connectivity index (χ1n) is 10.1. The molecule has 32 heavy (non-hydrogen) atoms. The topological polar surface area (TPSA) is 60.8 Å². The lowest BCUT2D eigenvalue weighted by atomic mass is 10.2. The summed E-state index contributed by atoms with van der Waals surface area (Å²) in [5, 5.41) is 6.72. The summed E-state index contributed by atoms with van der Waals surface area (Å²) < 4.78 is 5.66. The van der Waals surface area contributed by atoms with E-state index in [1.165, 1.54) is 5.69 Å². The molecule has 0 radical (unpaired) electrons. The number of hydrogen-bond acceptors (Lipinski definition) is 5. The molecule has 2 heterocycles. The van der Waals surface area contributed by atoms with Gasteiger partial charge in [0.25, 0.3) is 5.91 Å². The standard InChI is InChI=1S/C23H22Cl2N4O2S/c1-28-10-12-29(13-11-28)17-5-3-16(4-6-17)26-23(32)27-22(30)21-9-8-20(31-21)15-2-7-18(24)19(25)14-15/h2-9,14H,10-13H2,1H3,(H2,26,27,30,32). The normalized spacial score (nSPS) is 14.3. The summed E-state index contributed by atoms with van der Waals surface area (Å²) in [5.41, 5.74) is 2.69. The van der Waals surface area contributed by atoms with Crippen LogP contribution in [0.1, 0.15) is 10.6 Å². The van der Waals surface area contributed by atoms with Gasteiger partial charge in [0, 0.05) is 43.1 Å². The minimum Gasteiger partial charge on any atom is -0.451 e. The van der Waals surface area contributed by atoms with E-state index in [2.05, 4.69) is 27.5 Å². The zero-order chi connectivity index (χ0) is 22.7. The molecular weight excluding hydrogens is 467 g/mol. The van der Waals surface area contributed by atoms with Crippen molar-refractivity contribution in [1.82, 2.24) is 10.2 Å². The van der Waals surface area contributed by atoms with E-state index in [0.717, 1.165) is 37.4 Å². The van der Waals surface area contributed by atoms with E-state index in [4.69, 9.17) is 39.8 Å². The second kappa shape index (κ2) is 9.92. The number of anilines is 2. The van der Waals surface area contributed by atoms with Crippen LogP contribution in [0, 0.1) is 0 Å². The Bertz CT molecular complexity index is 1130. The molecule has 1 saturated heterocycles. The van der Waals surface area contributed by atoms with Crippen LogP contribution in [0.5, 0.6) is 0 Å². The first-order chi connectivity index (χ1) is 15.4. The number of halogens is 2. The Labute approximate surface area is 202 Å². The van der Waals surface area contributed by atoms with Crippen molar-refractivity contribution in [3.63, 3.8) is 0 Å². The Hall–Kier alpha value is -2.58. The summed E-state index contributed by atoms with van der Waals surface area (Å²) in [6.07, 6.45) is 0. The van der Waals surface area contributed by atoms with Crippen molar-refractivity contribution in [2.45, 2.75) is 0 Å². The van der Waals surface area contributed by atoms with Gasteiger partial charge in [-0.25, -0.2) is 0 Å². The van der Waals surface area contributed by atoms with Gasteiger partial charge in [-0.2, -0.15) is 0 Å². The molecule has 2 aromatic carbocycles. The smallest absolute Gasteiger partial charge is 0.293 e.